The highest BCUT2D eigenvalue weighted by Crippen LogP contribution is 2.49. The Morgan fingerprint density at radius 2 is 1.28 bits per heavy atom. The average molecular weight is 413 g/mol. The molecular formula is C22H24NO5P. The smallest absolute Gasteiger partial charge is 0.493 e. The van der Waals surface area contributed by atoms with Gasteiger partial charge in [0.15, 0.2) is 11.5 Å². The van der Waals surface area contributed by atoms with Crippen LogP contribution < -0.4 is 23.6 Å². The van der Waals surface area contributed by atoms with Gasteiger partial charge in [-0.15, -0.1) is 0 Å². The van der Waals surface area contributed by atoms with Gasteiger partial charge in [-0.3, -0.25) is 5.09 Å². The number of methoxy groups -OCH3 is 2. The van der Waals surface area contributed by atoms with Gasteiger partial charge in [0.25, 0.3) is 0 Å². The predicted octanol–water partition coefficient (Wildman–Crippen LogP) is 6.00. The van der Waals surface area contributed by atoms with E-state index in [2.05, 4.69) is 5.09 Å². The Morgan fingerprint density at radius 3 is 1.76 bits per heavy atom. The van der Waals surface area contributed by atoms with E-state index in [1.54, 1.807) is 49.6 Å². The number of nitrogens with one attached hydrogen (secondary N) is 1. The largest absolute Gasteiger partial charge is 0.541 e. The maximum Gasteiger partial charge on any atom is 0.541 e. The molecule has 0 aliphatic carbocycles. The zero-order valence-corrected chi connectivity index (χ0v) is 17.7. The molecule has 29 heavy (non-hydrogen) atoms. The van der Waals surface area contributed by atoms with Crippen LogP contribution in [0.4, 0.5) is 5.69 Å². The molecular weight excluding hydrogens is 389 g/mol. The lowest BCUT2D eigenvalue weighted by Crippen LogP contribution is -2.10. The average Bonchev–Trinajstić information content (AvgIpc) is 2.67. The molecule has 7 heteroatoms. The lowest BCUT2D eigenvalue weighted by molar-refractivity contribution is 0.355. The van der Waals surface area contributed by atoms with Crippen LogP contribution in [-0.4, -0.2) is 14.2 Å². The zero-order valence-electron chi connectivity index (χ0n) is 16.8. The number of ether oxygens (including phenoxy) is 2. The molecule has 3 rings (SSSR count). The minimum atomic E-state index is -3.83. The molecule has 0 amide bonds. The number of benzene rings is 3. The van der Waals surface area contributed by atoms with Gasteiger partial charge in [0.05, 0.1) is 14.2 Å². The molecule has 0 heterocycles. The van der Waals surface area contributed by atoms with Crippen molar-refractivity contribution in [2.24, 2.45) is 0 Å². The zero-order chi connectivity index (χ0) is 20.9. The lowest BCUT2D eigenvalue weighted by atomic mass is 10.2. The lowest BCUT2D eigenvalue weighted by Gasteiger charge is -2.22. The van der Waals surface area contributed by atoms with E-state index < -0.39 is 7.75 Å². The Hall–Kier alpha value is -3.11. The molecule has 0 aliphatic rings. The highest BCUT2D eigenvalue weighted by molar-refractivity contribution is 7.56. The van der Waals surface area contributed by atoms with Gasteiger partial charge in [0.1, 0.15) is 11.5 Å². The van der Waals surface area contributed by atoms with Crippen molar-refractivity contribution in [2.75, 3.05) is 19.3 Å². The summed E-state index contributed by atoms with van der Waals surface area (Å²) < 4.78 is 35.9. The first-order chi connectivity index (χ1) is 13.9. The van der Waals surface area contributed by atoms with Crippen LogP contribution in [0.2, 0.25) is 0 Å². The number of anilines is 1. The third-order valence-electron chi connectivity index (χ3n) is 4.08. The quantitative estimate of drug-likeness (QED) is 0.457. The highest BCUT2D eigenvalue weighted by Gasteiger charge is 2.29. The first kappa shape index (κ1) is 20.6. The SMILES string of the molecule is COc1ccc(NP(=O)(Oc2cccc(C)c2)Oc2cccc(C)c2)cc1OC. The Bertz CT molecular complexity index is 986. The van der Waals surface area contributed by atoms with E-state index >= 15 is 0 Å². The van der Waals surface area contributed by atoms with E-state index in [-0.39, 0.29) is 0 Å². The summed E-state index contributed by atoms with van der Waals surface area (Å²) in [5, 5.41) is 2.89. The fraction of sp³-hybridized carbons (Fsp3) is 0.182. The van der Waals surface area contributed by atoms with Crippen LogP contribution in [0.25, 0.3) is 0 Å². The summed E-state index contributed by atoms with van der Waals surface area (Å²) in [4.78, 5) is 0. The summed E-state index contributed by atoms with van der Waals surface area (Å²) in [7, 11) is -0.736. The van der Waals surface area contributed by atoms with E-state index in [9.17, 15) is 4.57 Å². The molecule has 6 nitrogen and oxygen atoms in total. The van der Waals surface area contributed by atoms with E-state index in [0.29, 0.717) is 28.7 Å². The number of rotatable bonds is 8. The molecule has 0 saturated carbocycles. The van der Waals surface area contributed by atoms with Crippen LogP contribution in [0.5, 0.6) is 23.0 Å². The Morgan fingerprint density at radius 1 is 0.724 bits per heavy atom. The molecule has 152 valence electrons. The van der Waals surface area contributed by atoms with Crippen molar-refractivity contribution >= 4 is 13.4 Å². The molecule has 0 aromatic heterocycles. The molecule has 0 fully saturated rings. The molecule has 0 saturated heterocycles. The van der Waals surface area contributed by atoms with E-state index in [1.165, 1.54) is 7.11 Å². The van der Waals surface area contributed by atoms with Gasteiger partial charge < -0.3 is 18.5 Å². The third kappa shape index (κ3) is 5.46. The van der Waals surface area contributed by atoms with E-state index in [4.69, 9.17) is 18.5 Å². The van der Waals surface area contributed by atoms with Gasteiger partial charge >= 0.3 is 7.75 Å². The topological polar surface area (TPSA) is 66.0 Å². The minimum Gasteiger partial charge on any atom is -0.493 e. The first-order valence-corrected chi connectivity index (χ1v) is 10.6. The molecule has 0 aliphatic heterocycles. The predicted molar refractivity (Wildman–Crippen MR) is 114 cm³/mol. The Labute approximate surface area is 171 Å². The second kappa shape index (κ2) is 8.93. The van der Waals surface area contributed by atoms with Crippen LogP contribution in [0.15, 0.2) is 66.7 Å². The second-order valence-corrected chi connectivity index (χ2v) is 8.08. The summed E-state index contributed by atoms with van der Waals surface area (Å²) in [6.07, 6.45) is 0. The normalized spacial score (nSPS) is 10.9. The van der Waals surface area contributed by atoms with Crippen molar-refractivity contribution in [2.45, 2.75) is 13.8 Å². The minimum absolute atomic E-state index is 0.439. The summed E-state index contributed by atoms with van der Waals surface area (Å²) in [5.74, 6) is 1.94. The van der Waals surface area contributed by atoms with Crippen LogP contribution in [0.1, 0.15) is 11.1 Å². The first-order valence-electron chi connectivity index (χ1n) is 9.04. The molecule has 0 spiro atoms. The van der Waals surface area contributed by atoms with Gasteiger partial charge in [0.2, 0.25) is 0 Å². The van der Waals surface area contributed by atoms with Crippen molar-refractivity contribution in [1.29, 1.82) is 0 Å². The van der Waals surface area contributed by atoms with Crippen LogP contribution in [-0.2, 0) is 4.57 Å². The number of aryl methyl sites for hydroxylation is 2. The monoisotopic (exact) mass is 413 g/mol. The van der Waals surface area contributed by atoms with Crippen molar-refractivity contribution < 1.29 is 23.1 Å². The summed E-state index contributed by atoms with van der Waals surface area (Å²) in [5.41, 5.74) is 2.47. The van der Waals surface area contributed by atoms with Gasteiger partial charge in [0, 0.05) is 11.8 Å². The third-order valence-corrected chi connectivity index (χ3v) is 5.51. The van der Waals surface area contributed by atoms with Gasteiger partial charge in [-0.2, -0.15) is 0 Å². The van der Waals surface area contributed by atoms with Crippen molar-refractivity contribution in [3.8, 4) is 23.0 Å². The number of hydrogen-bond donors (Lipinski definition) is 1. The summed E-state index contributed by atoms with van der Waals surface area (Å²) >= 11 is 0. The highest BCUT2D eigenvalue weighted by atomic mass is 31.2. The maximum absolute atomic E-state index is 13.7. The fourth-order valence-corrected chi connectivity index (χ4v) is 4.12. The summed E-state index contributed by atoms with van der Waals surface area (Å²) in [6, 6.07) is 19.7. The maximum atomic E-state index is 13.7. The Kier molecular flexibility index (Phi) is 6.35. The standard InChI is InChI=1S/C22H24NO5P/c1-16-7-5-9-19(13-16)27-29(24,28-20-10-6-8-17(2)14-20)23-18-11-12-21(25-3)22(15-18)26-4/h5-15H,1-4H3,(H,23,24). The van der Waals surface area contributed by atoms with Gasteiger partial charge in [-0.1, -0.05) is 24.3 Å². The number of hydrogen-bond acceptors (Lipinski definition) is 5. The van der Waals surface area contributed by atoms with Gasteiger partial charge in [-0.25, -0.2) is 4.57 Å². The van der Waals surface area contributed by atoms with Crippen molar-refractivity contribution in [1.82, 2.24) is 0 Å². The van der Waals surface area contributed by atoms with E-state index in [1.807, 2.05) is 38.1 Å². The molecule has 0 bridgehead atoms. The fourth-order valence-electron chi connectivity index (χ4n) is 2.75. The molecule has 1 N–H and O–H groups in total. The molecule has 0 unspecified atom stereocenters. The van der Waals surface area contributed by atoms with Gasteiger partial charge in [-0.05, 0) is 61.4 Å². The van der Waals surface area contributed by atoms with E-state index in [0.717, 1.165) is 11.1 Å². The van der Waals surface area contributed by atoms with Crippen molar-refractivity contribution in [3.63, 3.8) is 0 Å². The Balaban J connectivity index is 1.94. The van der Waals surface area contributed by atoms with Crippen LogP contribution in [0, 0.1) is 13.8 Å². The molecule has 3 aromatic carbocycles. The molecule has 0 atom stereocenters. The van der Waals surface area contributed by atoms with Crippen LogP contribution >= 0.6 is 7.75 Å². The van der Waals surface area contributed by atoms with Crippen molar-refractivity contribution in [3.05, 3.63) is 77.9 Å². The van der Waals surface area contributed by atoms with Crippen LogP contribution in [0.3, 0.4) is 0 Å². The second-order valence-electron chi connectivity index (χ2n) is 6.49. The molecule has 0 radical (unpaired) electrons. The molecule has 3 aromatic rings. The summed E-state index contributed by atoms with van der Waals surface area (Å²) in [6.45, 7) is 3.86.